The Morgan fingerprint density at radius 3 is 2.56 bits per heavy atom. The summed E-state index contributed by atoms with van der Waals surface area (Å²) in [6, 6.07) is 6.67. The van der Waals surface area contributed by atoms with E-state index in [1.165, 1.54) is 3.52 Å². The van der Waals surface area contributed by atoms with Crippen molar-refractivity contribution in [1.82, 2.24) is 0 Å². The molecule has 6 heteroatoms. The molecule has 0 fully saturated rings. The molecule has 0 saturated carbocycles. The van der Waals surface area contributed by atoms with Crippen LogP contribution in [0.25, 0.3) is 10.4 Å². The van der Waals surface area contributed by atoms with Gasteiger partial charge in [-0.15, -0.1) is 0 Å². The molecule has 0 bridgehead atoms. The van der Waals surface area contributed by atoms with Crippen molar-refractivity contribution in [2.24, 2.45) is 0 Å². The van der Waals surface area contributed by atoms with Crippen molar-refractivity contribution in [3.63, 3.8) is 0 Å². The van der Waals surface area contributed by atoms with Gasteiger partial charge in [-0.05, 0) is 18.4 Å². The molecule has 3 nitrogen and oxygen atoms in total. The summed E-state index contributed by atoms with van der Waals surface area (Å²) in [4.78, 5) is 11.3. The van der Waals surface area contributed by atoms with Gasteiger partial charge in [-0.3, -0.25) is 10.1 Å². The molecule has 0 unspecified atom stereocenters. The van der Waals surface area contributed by atoms with Crippen LogP contribution in [0.5, 0.6) is 0 Å². The van der Waals surface area contributed by atoms with Crippen LogP contribution >= 0.6 is 34.4 Å². The van der Waals surface area contributed by atoms with Gasteiger partial charge in [0.05, 0.1) is 16.3 Å². The highest BCUT2D eigenvalue weighted by Crippen LogP contribution is 2.37. The fourth-order valence-corrected chi connectivity index (χ4v) is 4.05. The lowest BCUT2D eigenvalue weighted by Gasteiger charge is -1.92. The van der Waals surface area contributed by atoms with Crippen LogP contribution in [0.4, 0.5) is 5.69 Å². The maximum atomic E-state index is 10.5. The second kappa shape index (κ2) is 4.90. The molecule has 0 atom stereocenters. The van der Waals surface area contributed by atoms with Crippen LogP contribution in [-0.4, -0.2) is 11.2 Å². The fraction of sp³-hybridized carbons (Fsp3) is 0.100. The zero-order chi connectivity index (χ0) is 11.5. The molecule has 0 radical (unpaired) electrons. The molecule has 16 heavy (non-hydrogen) atoms. The van der Waals surface area contributed by atoms with E-state index in [-0.39, 0.29) is 10.6 Å². The molecule has 1 aromatic carbocycles. The Kier molecular flexibility index (Phi) is 3.52. The Labute approximate surface area is 105 Å². The molecule has 2 aromatic rings. The smallest absolute Gasteiger partial charge is 0.258 e. The van der Waals surface area contributed by atoms with Gasteiger partial charge in [0.15, 0.2) is 4.88 Å². The zero-order valence-electron chi connectivity index (χ0n) is 8.38. The number of nitrogens with zero attached hydrogens (tertiary/aromatic N) is 1. The lowest BCUT2D eigenvalue weighted by Crippen LogP contribution is -1.86. The van der Waals surface area contributed by atoms with Crippen LogP contribution in [-0.2, 0) is 0 Å². The quantitative estimate of drug-likeness (QED) is 0.359. The highest BCUT2D eigenvalue weighted by atomic mass is 32.2. The second-order valence-corrected chi connectivity index (χ2v) is 6.48. The average molecular weight is 270 g/mol. The van der Waals surface area contributed by atoms with Crippen molar-refractivity contribution in [1.29, 1.82) is 0 Å². The molecule has 0 amide bonds. The van der Waals surface area contributed by atoms with Crippen LogP contribution < -0.4 is 0 Å². The molecule has 0 saturated heterocycles. The number of nitro groups is 1. The highest BCUT2D eigenvalue weighted by molar-refractivity contribution is 8.02. The van der Waals surface area contributed by atoms with E-state index in [9.17, 15) is 10.1 Å². The lowest BCUT2D eigenvalue weighted by atomic mass is 10.2. The minimum atomic E-state index is -0.381. The predicted molar refractivity (Wildman–Crippen MR) is 70.5 cm³/mol. The number of hydrogen-bond acceptors (Lipinski definition) is 4. The fourth-order valence-electron chi connectivity index (χ4n) is 1.20. The maximum absolute atomic E-state index is 10.5. The molecule has 0 aliphatic rings. The van der Waals surface area contributed by atoms with E-state index in [0.29, 0.717) is 0 Å². The van der Waals surface area contributed by atoms with Crippen LogP contribution in [0, 0.1) is 10.1 Å². The first-order valence-corrected chi connectivity index (χ1v) is 7.33. The van der Waals surface area contributed by atoms with E-state index in [2.05, 4.69) is 5.38 Å². The largest absolute Gasteiger partial charge is 0.312 e. The predicted octanol–water partition coefficient (Wildman–Crippen LogP) is 4.39. The van der Waals surface area contributed by atoms with Crippen LogP contribution in [0.1, 0.15) is 0 Å². The van der Waals surface area contributed by atoms with E-state index in [1.807, 2.05) is 6.26 Å². The van der Waals surface area contributed by atoms with Crippen molar-refractivity contribution in [3.05, 3.63) is 39.8 Å². The molecule has 82 valence electrons. The van der Waals surface area contributed by atoms with Crippen molar-refractivity contribution in [3.8, 4) is 10.4 Å². The van der Waals surface area contributed by atoms with E-state index >= 15 is 0 Å². The minimum absolute atomic E-state index is 0.133. The highest BCUT2D eigenvalue weighted by Gasteiger charge is 2.15. The molecule has 0 aliphatic heterocycles. The third-order valence-corrected chi connectivity index (χ3v) is 5.83. The van der Waals surface area contributed by atoms with E-state index in [1.54, 1.807) is 58.7 Å². The Balaban J connectivity index is 2.30. The van der Waals surface area contributed by atoms with Gasteiger partial charge in [0.1, 0.15) is 16.7 Å². The number of non-ortho nitro benzene ring substituents is 1. The first-order valence-electron chi connectivity index (χ1n) is 4.41. The Morgan fingerprint density at radius 1 is 1.38 bits per heavy atom. The van der Waals surface area contributed by atoms with Gasteiger partial charge < -0.3 is 0 Å². The summed E-state index contributed by atoms with van der Waals surface area (Å²) >= 11 is 5.14. The molecule has 0 aliphatic carbocycles. The van der Waals surface area contributed by atoms with E-state index in [4.69, 9.17) is 0 Å². The van der Waals surface area contributed by atoms with Gasteiger partial charge in [0, 0.05) is 17.7 Å². The standard InChI is InChI=1S/C10H8NO2S3/c1-14-10-15-6-9(16-10)7-2-4-8(5-3-7)11(12)13/h2-6H,1H3/q+1. The normalized spacial score (nSPS) is 10.3. The van der Waals surface area contributed by atoms with E-state index < -0.39 is 0 Å². The first kappa shape index (κ1) is 11.5. The van der Waals surface area contributed by atoms with Gasteiger partial charge in [-0.1, -0.05) is 11.8 Å². The minimum Gasteiger partial charge on any atom is -0.258 e. The first-order chi connectivity index (χ1) is 7.70. The third kappa shape index (κ3) is 2.40. The van der Waals surface area contributed by atoms with Gasteiger partial charge in [-0.2, -0.15) is 0 Å². The second-order valence-electron chi connectivity index (χ2n) is 2.96. The van der Waals surface area contributed by atoms with Crippen molar-refractivity contribution in [2.45, 2.75) is 3.52 Å². The zero-order valence-corrected chi connectivity index (χ0v) is 10.8. The molecule has 1 aromatic heterocycles. The summed E-state index contributed by atoms with van der Waals surface area (Å²) in [5, 5.41) is 12.6. The molecule has 1 heterocycles. The number of hydrogen-bond donors (Lipinski definition) is 0. The third-order valence-electron chi connectivity index (χ3n) is 1.98. The van der Waals surface area contributed by atoms with Gasteiger partial charge in [0.25, 0.3) is 5.69 Å². The van der Waals surface area contributed by atoms with Crippen molar-refractivity contribution >= 4 is 40.1 Å². The number of benzene rings is 1. The average Bonchev–Trinajstić information content (AvgIpc) is 2.77. The van der Waals surface area contributed by atoms with Crippen LogP contribution in [0.15, 0.2) is 33.2 Å². The summed E-state index contributed by atoms with van der Waals surface area (Å²) in [6.45, 7) is 0. The number of rotatable bonds is 3. The summed E-state index contributed by atoms with van der Waals surface area (Å²) in [5.74, 6) is 0. The van der Waals surface area contributed by atoms with Gasteiger partial charge >= 0.3 is 3.52 Å². The molecule has 0 spiro atoms. The molecule has 2 rings (SSSR count). The van der Waals surface area contributed by atoms with Crippen molar-refractivity contribution in [2.75, 3.05) is 6.26 Å². The van der Waals surface area contributed by atoms with Crippen LogP contribution in [0.3, 0.4) is 0 Å². The molecular formula is C10H8NO2S3+. The summed E-state index contributed by atoms with van der Waals surface area (Å²) < 4.78 is 1.29. The SMILES string of the molecule is CSc1sc(-c2ccc([N+](=O)[O-])cc2)c[s+]1. The molecular weight excluding hydrogens is 262 g/mol. The lowest BCUT2D eigenvalue weighted by molar-refractivity contribution is -0.384. The van der Waals surface area contributed by atoms with Crippen LogP contribution in [0.2, 0.25) is 0 Å². The van der Waals surface area contributed by atoms with Crippen molar-refractivity contribution < 1.29 is 4.92 Å². The maximum Gasteiger partial charge on any atom is 0.312 e. The number of nitro benzene ring substituents is 1. The monoisotopic (exact) mass is 270 g/mol. The van der Waals surface area contributed by atoms with Gasteiger partial charge in [0.2, 0.25) is 0 Å². The topological polar surface area (TPSA) is 43.1 Å². The number of thioether (sulfide) groups is 1. The summed E-state index contributed by atoms with van der Waals surface area (Å²) in [5.41, 5.74) is 1.17. The van der Waals surface area contributed by atoms with E-state index in [0.717, 1.165) is 10.4 Å². The molecule has 0 N–H and O–H groups in total. The van der Waals surface area contributed by atoms with Gasteiger partial charge in [-0.25, -0.2) is 0 Å². The summed E-state index contributed by atoms with van der Waals surface area (Å²) in [7, 11) is 0. The summed E-state index contributed by atoms with van der Waals surface area (Å²) in [6.07, 6.45) is 2.04. The Hall–Kier alpha value is -0.980. The Bertz CT molecular complexity index is 507. The Morgan fingerprint density at radius 2 is 2.06 bits per heavy atom.